The van der Waals surface area contributed by atoms with Gasteiger partial charge in [0.1, 0.15) is 11.3 Å². The molecule has 2 atom stereocenters. The highest BCUT2D eigenvalue weighted by atomic mass is 16.4. The van der Waals surface area contributed by atoms with Gasteiger partial charge in [0.05, 0.1) is 0 Å². The maximum absolute atomic E-state index is 6.34. The molecule has 2 heterocycles. The first-order valence-corrected chi connectivity index (χ1v) is 7.89. The second-order valence-corrected chi connectivity index (χ2v) is 6.44. The minimum atomic E-state index is 0.395. The van der Waals surface area contributed by atoms with Crippen LogP contribution in [0, 0.1) is 11.8 Å². The van der Waals surface area contributed by atoms with Gasteiger partial charge in [-0.25, -0.2) is 0 Å². The number of fused-ring (bicyclic) bond motifs is 3. The van der Waals surface area contributed by atoms with Gasteiger partial charge in [-0.1, -0.05) is 37.5 Å². The van der Waals surface area contributed by atoms with Crippen LogP contribution < -0.4 is 4.65 Å². The first kappa shape index (κ1) is 12.3. The Hall–Kier alpha value is -1.51. The molecule has 1 saturated heterocycles. The van der Waals surface area contributed by atoms with Gasteiger partial charge in [-0.3, -0.25) is 4.98 Å². The molecule has 2 nitrogen and oxygen atoms in total. The molecule has 2 aliphatic rings. The zero-order chi connectivity index (χ0) is 13.4. The Morgan fingerprint density at radius 1 is 1.05 bits per heavy atom. The normalized spacial score (nSPS) is 25.7. The second-order valence-electron chi connectivity index (χ2n) is 6.44. The summed E-state index contributed by atoms with van der Waals surface area (Å²) in [5.74, 6) is 2.76. The standard InChI is InChI=1S/C17H20BNO/c1-4-13-10-14(5-1)12-18(11-13)20-16-8-2-6-15-7-3-9-19-17(15)16/h2-3,6-9,13-14H,1,4-5,10-12H2. The number of nitrogens with zero attached hydrogens (tertiary/aromatic N) is 1. The smallest absolute Gasteiger partial charge is 0.358 e. The predicted octanol–water partition coefficient (Wildman–Crippen LogP) is 4.43. The maximum atomic E-state index is 6.34. The first-order valence-electron chi connectivity index (χ1n) is 7.89. The molecule has 1 saturated carbocycles. The van der Waals surface area contributed by atoms with E-state index in [0.717, 1.165) is 23.1 Å². The van der Waals surface area contributed by atoms with Crippen LogP contribution in [0.3, 0.4) is 0 Å². The third-order valence-electron chi connectivity index (χ3n) is 4.97. The third-order valence-corrected chi connectivity index (χ3v) is 4.97. The van der Waals surface area contributed by atoms with Gasteiger partial charge in [-0.15, -0.1) is 0 Å². The zero-order valence-electron chi connectivity index (χ0n) is 11.8. The van der Waals surface area contributed by atoms with E-state index >= 15 is 0 Å². The summed E-state index contributed by atoms with van der Waals surface area (Å²) in [7, 11) is 0. The van der Waals surface area contributed by atoms with E-state index in [0.29, 0.717) is 6.92 Å². The average Bonchev–Trinajstić information content (AvgIpc) is 2.47. The monoisotopic (exact) mass is 265 g/mol. The molecule has 0 N–H and O–H groups in total. The van der Waals surface area contributed by atoms with Gasteiger partial charge in [0.2, 0.25) is 0 Å². The van der Waals surface area contributed by atoms with Crippen molar-refractivity contribution in [3.05, 3.63) is 36.5 Å². The molecule has 0 spiro atoms. The van der Waals surface area contributed by atoms with Gasteiger partial charge < -0.3 is 4.65 Å². The number of para-hydroxylation sites is 1. The summed E-state index contributed by atoms with van der Waals surface area (Å²) in [6, 6.07) is 10.3. The SMILES string of the molecule is c1cnc2c(OB3CC4CCCC(C3)C4)cccc2c1. The number of aromatic nitrogens is 1. The fourth-order valence-corrected chi connectivity index (χ4v) is 4.12. The first-order chi connectivity index (χ1) is 9.88. The summed E-state index contributed by atoms with van der Waals surface area (Å²) in [4.78, 5) is 4.49. The zero-order valence-corrected chi connectivity index (χ0v) is 11.8. The van der Waals surface area contributed by atoms with Crippen LogP contribution in [0.1, 0.15) is 25.7 Å². The van der Waals surface area contributed by atoms with Crippen LogP contribution in [0.15, 0.2) is 36.5 Å². The highest BCUT2D eigenvalue weighted by Crippen LogP contribution is 2.41. The molecule has 1 aliphatic heterocycles. The van der Waals surface area contributed by atoms with Crippen molar-refractivity contribution in [1.82, 2.24) is 4.98 Å². The van der Waals surface area contributed by atoms with Crippen LogP contribution in [0.25, 0.3) is 10.9 Å². The minimum absolute atomic E-state index is 0.395. The van der Waals surface area contributed by atoms with Gasteiger partial charge in [0.15, 0.2) is 0 Å². The Balaban J connectivity index is 1.58. The van der Waals surface area contributed by atoms with Gasteiger partial charge in [-0.2, -0.15) is 0 Å². The Bertz CT molecular complexity index is 597. The largest absolute Gasteiger partial charge is 0.559 e. The Morgan fingerprint density at radius 3 is 2.70 bits per heavy atom. The highest BCUT2D eigenvalue weighted by Gasteiger charge is 2.36. The van der Waals surface area contributed by atoms with Gasteiger partial charge in [0, 0.05) is 11.6 Å². The summed E-state index contributed by atoms with van der Waals surface area (Å²) in [5.41, 5.74) is 1.01. The van der Waals surface area contributed by atoms with Crippen LogP contribution >= 0.6 is 0 Å². The topological polar surface area (TPSA) is 22.1 Å². The molecule has 102 valence electrons. The summed E-state index contributed by atoms with van der Waals surface area (Å²) in [6.45, 7) is 0.395. The predicted molar refractivity (Wildman–Crippen MR) is 83.2 cm³/mol. The van der Waals surface area contributed by atoms with Gasteiger partial charge in [0.25, 0.3) is 0 Å². The molecule has 0 amide bonds. The van der Waals surface area contributed by atoms with E-state index in [9.17, 15) is 0 Å². The van der Waals surface area contributed by atoms with E-state index in [1.807, 2.05) is 12.3 Å². The fourth-order valence-electron chi connectivity index (χ4n) is 4.12. The molecule has 3 heteroatoms. The van der Waals surface area contributed by atoms with Crippen molar-refractivity contribution in [1.29, 1.82) is 0 Å². The van der Waals surface area contributed by atoms with E-state index in [4.69, 9.17) is 4.65 Å². The van der Waals surface area contributed by atoms with E-state index in [1.165, 1.54) is 43.7 Å². The molecule has 20 heavy (non-hydrogen) atoms. The van der Waals surface area contributed by atoms with E-state index in [1.54, 1.807) is 0 Å². The van der Waals surface area contributed by atoms with Crippen molar-refractivity contribution in [2.45, 2.75) is 38.3 Å². The summed E-state index contributed by atoms with van der Waals surface area (Å²) in [5, 5.41) is 1.17. The molecule has 2 aromatic rings. The van der Waals surface area contributed by atoms with Crippen LogP contribution in [0.4, 0.5) is 0 Å². The average molecular weight is 265 g/mol. The molecule has 1 aliphatic carbocycles. The quantitative estimate of drug-likeness (QED) is 0.749. The van der Waals surface area contributed by atoms with Crippen LogP contribution in [-0.2, 0) is 0 Å². The lowest BCUT2D eigenvalue weighted by molar-refractivity contribution is 0.269. The highest BCUT2D eigenvalue weighted by molar-refractivity contribution is 6.53. The third kappa shape index (κ3) is 2.30. The number of rotatable bonds is 2. The lowest BCUT2D eigenvalue weighted by Gasteiger charge is -2.37. The number of hydrogen-bond acceptors (Lipinski definition) is 2. The van der Waals surface area contributed by atoms with E-state index < -0.39 is 0 Å². The van der Waals surface area contributed by atoms with Crippen molar-refractivity contribution in [3.8, 4) is 5.75 Å². The maximum Gasteiger partial charge on any atom is 0.358 e. The van der Waals surface area contributed by atoms with Crippen LogP contribution in [0.2, 0.25) is 12.6 Å². The molecule has 1 aromatic carbocycles. The van der Waals surface area contributed by atoms with Gasteiger partial charge >= 0.3 is 6.92 Å². The molecule has 4 rings (SSSR count). The van der Waals surface area contributed by atoms with E-state index in [2.05, 4.69) is 29.2 Å². The lowest BCUT2D eigenvalue weighted by atomic mass is 9.47. The molecular formula is C17H20BNO. The van der Waals surface area contributed by atoms with Crippen molar-refractivity contribution < 1.29 is 4.65 Å². The van der Waals surface area contributed by atoms with Gasteiger partial charge in [-0.05, 0) is 43.0 Å². The van der Waals surface area contributed by atoms with Crippen LogP contribution in [0.5, 0.6) is 5.75 Å². The minimum Gasteiger partial charge on any atom is -0.559 e. The van der Waals surface area contributed by atoms with Crippen molar-refractivity contribution in [2.24, 2.45) is 11.8 Å². The Morgan fingerprint density at radius 2 is 1.85 bits per heavy atom. The summed E-state index contributed by atoms with van der Waals surface area (Å²) < 4.78 is 6.34. The number of pyridine rings is 1. The second kappa shape index (κ2) is 5.12. The summed E-state index contributed by atoms with van der Waals surface area (Å²) >= 11 is 0. The summed E-state index contributed by atoms with van der Waals surface area (Å²) in [6.07, 6.45) is 10.0. The number of hydrogen-bond donors (Lipinski definition) is 0. The number of benzene rings is 1. The Labute approximate surface area is 120 Å². The van der Waals surface area contributed by atoms with Crippen molar-refractivity contribution in [3.63, 3.8) is 0 Å². The van der Waals surface area contributed by atoms with Crippen molar-refractivity contribution >= 4 is 17.8 Å². The van der Waals surface area contributed by atoms with E-state index in [-0.39, 0.29) is 0 Å². The molecule has 1 aromatic heterocycles. The van der Waals surface area contributed by atoms with Crippen LogP contribution in [-0.4, -0.2) is 11.9 Å². The fraction of sp³-hybridized carbons (Fsp3) is 0.471. The Kier molecular flexibility index (Phi) is 3.14. The molecular weight excluding hydrogens is 245 g/mol. The molecule has 0 radical (unpaired) electrons. The molecule has 2 fully saturated rings. The molecule has 2 unspecified atom stereocenters. The molecule has 2 bridgehead atoms. The van der Waals surface area contributed by atoms with Crippen molar-refractivity contribution in [2.75, 3.05) is 0 Å². The lowest BCUT2D eigenvalue weighted by Crippen LogP contribution is -2.35.